The number of nitrogens with zero attached hydrogens (tertiary/aromatic N) is 12. The number of anilines is 6. The highest BCUT2D eigenvalue weighted by Gasteiger charge is 2.41. The van der Waals surface area contributed by atoms with Crippen LogP contribution >= 0.6 is 11.6 Å². The quantitative estimate of drug-likeness (QED) is 0.140. The van der Waals surface area contributed by atoms with Gasteiger partial charge in [0.2, 0.25) is 0 Å². The second-order valence-corrected chi connectivity index (χ2v) is 14.8. The average Bonchev–Trinajstić information content (AvgIpc) is 3.87. The second kappa shape index (κ2) is 18.6. The van der Waals surface area contributed by atoms with Crippen LogP contribution in [0.3, 0.4) is 0 Å². The minimum atomic E-state index is -1.39. The molecule has 6 aromatic heterocycles. The van der Waals surface area contributed by atoms with Crippen molar-refractivity contribution >= 4 is 70.9 Å². The summed E-state index contributed by atoms with van der Waals surface area (Å²) >= 11 is 6.01. The molecule has 18 nitrogen and oxygen atoms in total. The number of carbonyl (C=O) groups is 2. The summed E-state index contributed by atoms with van der Waals surface area (Å²) in [6.45, 7) is 7.21. The van der Waals surface area contributed by atoms with Gasteiger partial charge in [-0.1, -0.05) is 19.0 Å². The minimum Gasteiger partial charge on any atom is -0.423 e. The molecule has 4 bridgehead atoms. The SMILES string of the molecule is C.Cc1cc(-c2ccc3c(n2)N(C(=O)Nc2cnccn2)[C@@H]2CCN3C2)ccn1.Cc1cc(B(O)O)ccn1.O=C(Nc1cnccn1)N1c2nc(Cl)ccc2N2CC[C@@H]1C2. The molecule has 4 amide bonds. The van der Waals surface area contributed by atoms with Crippen molar-refractivity contribution in [3.63, 3.8) is 0 Å². The molecule has 4 N–H and O–H groups in total. The van der Waals surface area contributed by atoms with E-state index in [1.807, 2.05) is 31.2 Å². The lowest BCUT2D eigenvalue weighted by Crippen LogP contribution is -2.48. The van der Waals surface area contributed by atoms with Crippen molar-refractivity contribution in [1.29, 1.82) is 0 Å². The molecule has 61 heavy (non-hydrogen) atoms. The molecule has 0 spiro atoms. The van der Waals surface area contributed by atoms with Crippen LogP contribution in [-0.4, -0.2) is 107 Å². The zero-order valence-electron chi connectivity index (χ0n) is 32.7. The van der Waals surface area contributed by atoms with Crippen LogP contribution in [0.1, 0.15) is 31.7 Å². The zero-order valence-corrected chi connectivity index (χ0v) is 33.4. The fourth-order valence-corrected chi connectivity index (χ4v) is 7.72. The van der Waals surface area contributed by atoms with Gasteiger partial charge in [-0.05, 0) is 80.7 Å². The molecule has 0 unspecified atom stereocenters. The Hall–Kier alpha value is -6.83. The molecule has 10 rings (SSSR count). The lowest BCUT2D eigenvalue weighted by Gasteiger charge is -2.35. The molecule has 20 heteroatoms. The number of aromatic nitrogens is 8. The van der Waals surface area contributed by atoms with E-state index < -0.39 is 7.12 Å². The van der Waals surface area contributed by atoms with Crippen LogP contribution in [0.5, 0.6) is 0 Å². The highest BCUT2D eigenvalue weighted by atomic mass is 35.5. The van der Waals surface area contributed by atoms with E-state index in [1.165, 1.54) is 18.6 Å². The molecule has 10 heterocycles. The first-order valence-corrected chi connectivity index (χ1v) is 19.6. The monoisotopic (exact) mass is 842 g/mol. The molecular formula is C41H44BClN14O4. The van der Waals surface area contributed by atoms with Crippen LogP contribution in [-0.2, 0) is 0 Å². The topological polar surface area (TPSA) is 215 Å². The number of urea groups is 2. The number of hydrogen-bond donors (Lipinski definition) is 4. The fourth-order valence-electron chi connectivity index (χ4n) is 7.58. The van der Waals surface area contributed by atoms with Gasteiger partial charge in [0.25, 0.3) is 0 Å². The first-order chi connectivity index (χ1) is 29.1. The van der Waals surface area contributed by atoms with Gasteiger partial charge in [0.05, 0.1) is 41.5 Å². The summed E-state index contributed by atoms with van der Waals surface area (Å²) in [6, 6.07) is 14.5. The number of pyridine rings is 4. The van der Waals surface area contributed by atoms with Crippen molar-refractivity contribution in [3.05, 3.63) is 115 Å². The Balaban J connectivity index is 0.000000151. The molecule has 2 atom stereocenters. The van der Waals surface area contributed by atoms with Gasteiger partial charge in [-0.25, -0.2) is 29.5 Å². The Morgan fingerprint density at radius 2 is 1.23 bits per heavy atom. The maximum absolute atomic E-state index is 13.1. The molecule has 0 saturated carbocycles. The number of nitrogens with one attached hydrogen (secondary N) is 2. The molecule has 0 radical (unpaired) electrons. The van der Waals surface area contributed by atoms with Gasteiger partial charge < -0.3 is 19.8 Å². The highest BCUT2D eigenvalue weighted by molar-refractivity contribution is 6.58. The zero-order chi connectivity index (χ0) is 41.8. The van der Waals surface area contributed by atoms with Crippen molar-refractivity contribution < 1.29 is 19.6 Å². The largest absolute Gasteiger partial charge is 0.488 e. The summed E-state index contributed by atoms with van der Waals surface area (Å²) < 4.78 is 0. The average molecular weight is 843 g/mol. The van der Waals surface area contributed by atoms with Crippen molar-refractivity contribution in [2.45, 2.75) is 46.2 Å². The summed E-state index contributed by atoms with van der Waals surface area (Å²) in [7, 11) is -1.39. The summed E-state index contributed by atoms with van der Waals surface area (Å²) in [5.41, 5.74) is 5.92. The first kappa shape index (κ1) is 42.3. The predicted octanol–water partition coefficient (Wildman–Crippen LogP) is 4.73. The molecule has 4 aliphatic heterocycles. The Morgan fingerprint density at radius 1 is 0.689 bits per heavy atom. The van der Waals surface area contributed by atoms with Gasteiger partial charge >= 0.3 is 19.2 Å². The van der Waals surface area contributed by atoms with E-state index in [1.54, 1.807) is 65.9 Å². The summed E-state index contributed by atoms with van der Waals surface area (Å²) in [4.78, 5) is 67.3. The fraction of sp³-hybridized carbons (Fsp3) is 0.268. The summed E-state index contributed by atoms with van der Waals surface area (Å²) in [5, 5.41) is 23.3. The van der Waals surface area contributed by atoms with E-state index in [2.05, 4.69) is 61.4 Å². The molecule has 2 saturated heterocycles. The number of aryl methyl sites for hydroxylation is 2. The molecule has 6 aromatic rings. The standard InChI is InChI=1S/C20H19N7O.C14H13ClN6O.C6H8BNO2.CH4/c1-13-10-14(4-6-22-13)16-2-3-17-19(24-16)27(15-5-9-26(17)12-15)20(28)25-18-11-21-7-8-23-18;15-11-2-1-10-13(18-11)21(9-3-6-20(10)8-9)14(22)19-12-7-16-4-5-17-12;1-5-4-6(7(9)10)2-3-8-5;/h2-4,6-8,10-11,15H,5,9,12H2,1H3,(H,23,25,28);1-2,4-5,7,9H,3,6,8H2,(H,17,19,22);2-4,9-10H,1H3;1H4/t15-;9-;;/m11../s1. The van der Waals surface area contributed by atoms with Crippen LogP contribution in [0.25, 0.3) is 11.3 Å². The van der Waals surface area contributed by atoms with Gasteiger partial charge in [-0.2, -0.15) is 0 Å². The van der Waals surface area contributed by atoms with E-state index in [4.69, 9.17) is 26.6 Å². The number of rotatable bonds is 4. The normalized spacial score (nSPS) is 16.4. The summed E-state index contributed by atoms with van der Waals surface area (Å²) in [6.07, 6.45) is 14.4. The van der Waals surface area contributed by atoms with Crippen molar-refractivity contribution in [2.75, 3.05) is 56.4 Å². The number of fused-ring (bicyclic) bond motifs is 8. The van der Waals surface area contributed by atoms with Crippen molar-refractivity contribution in [3.8, 4) is 11.3 Å². The van der Waals surface area contributed by atoms with Crippen LogP contribution in [0, 0.1) is 13.8 Å². The summed E-state index contributed by atoms with van der Waals surface area (Å²) in [5.74, 6) is 2.12. The van der Waals surface area contributed by atoms with Crippen LogP contribution in [0.15, 0.2) is 98.1 Å². The van der Waals surface area contributed by atoms with Gasteiger partial charge in [0.15, 0.2) is 23.3 Å². The van der Waals surface area contributed by atoms with E-state index in [-0.39, 0.29) is 31.6 Å². The van der Waals surface area contributed by atoms with E-state index >= 15 is 0 Å². The molecule has 0 aromatic carbocycles. The molecule has 312 valence electrons. The van der Waals surface area contributed by atoms with Crippen LogP contribution in [0.2, 0.25) is 5.15 Å². The van der Waals surface area contributed by atoms with Crippen LogP contribution in [0.4, 0.5) is 44.2 Å². The number of carbonyl (C=O) groups excluding carboxylic acids is 2. The first-order valence-electron chi connectivity index (χ1n) is 19.2. The Labute approximate surface area is 357 Å². The minimum absolute atomic E-state index is 0. The van der Waals surface area contributed by atoms with Gasteiger partial charge in [-0.15, -0.1) is 0 Å². The number of amides is 4. The smallest absolute Gasteiger partial charge is 0.423 e. The maximum atomic E-state index is 13.1. The number of halogens is 1. The van der Waals surface area contributed by atoms with Crippen molar-refractivity contribution in [2.24, 2.45) is 0 Å². The van der Waals surface area contributed by atoms with Gasteiger partial charge in [0.1, 0.15) is 5.15 Å². The Morgan fingerprint density at radius 3 is 1.74 bits per heavy atom. The lowest BCUT2D eigenvalue weighted by molar-refractivity contribution is 0.254. The Bertz CT molecular complexity index is 2490. The third-order valence-corrected chi connectivity index (χ3v) is 10.5. The van der Waals surface area contributed by atoms with E-state index in [0.29, 0.717) is 33.9 Å². The van der Waals surface area contributed by atoms with Gasteiger partial charge in [-0.3, -0.25) is 40.4 Å². The number of hydrogen-bond acceptors (Lipinski definition) is 14. The molecule has 4 aliphatic rings. The molecular weight excluding hydrogens is 799 g/mol. The van der Waals surface area contributed by atoms with E-state index in [0.717, 1.165) is 73.0 Å². The molecule has 0 aliphatic carbocycles. The highest BCUT2D eigenvalue weighted by Crippen LogP contribution is 2.41. The van der Waals surface area contributed by atoms with Crippen LogP contribution < -0.4 is 35.7 Å². The van der Waals surface area contributed by atoms with E-state index in [9.17, 15) is 9.59 Å². The van der Waals surface area contributed by atoms with Gasteiger partial charge in [0, 0.05) is 80.3 Å². The lowest BCUT2D eigenvalue weighted by atomic mass is 9.81. The third-order valence-electron chi connectivity index (χ3n) is 10.3. The maximum Gasteiger partial charge on any atom is 0.488 e. The van der Waals surface area contributed by atoms with Crippen molar-refractivity contribution in [1.82, 2.24) is 39.9 Å². The molecule has 2 fully saturated rings. The Kier molecular flexibility index (Phi) is 12.9. The third kappa shape index (κ3) is 9.48. The second-order valence-electron chi connectivity index (χ2n) is 14.4. The predicted molar refractivity (Wildman–Crippen MR) is 235 cm³/mol.